The van der Waals surface area contributed by atoms with E-state index in [9.17, 15) is 4.79 Å². The molecule has 3 N–H and O–H groups in total. The minimum Gasteiger partial charge on any atom is -0.348 e. The van der Waals surface area contributed by atoms with Gasteiger partial charge in [-0.15, -0.1) is 0 Å². The molecule has 0 spiro atoms. The molecule has 100 valence electrons. The van der Waals surface area contributed by atoms with Gasteiger partial charge in [0.15, 0.2) is 0 Å². The highest BCUT2D eigenvalue weighted by Gasteiger charge is 2.18. The Balaban J connectivity index is 2.62. The minimum absolute atomic E-state index is 0.129. The summed E-state index contributed by atoms with van der Waals surface area (Å²) in [6.45, 7) is 6.00. The van der Waals surface area contributed by atoms with Crippen LogP contribution in [0.1, 0.15) is 38.8 Å². The number of hydrogen-bond donors (Lipinski definition) is 2. The van der Waals surface area contributed by atoms with Crippen molar-refractivity contribution >= 4 is 17.5 Å². The minimum atomic E-state index is -0.463. The van der Waals surface area contributed by atoms with Gasteiger partial charge in [0.1, 0.15) is 0 Å². The average Bonchev–Trinajstić information content (AvgIpc) is 2.28. The number of rotatable bonds is 5. The van der Waals surface area contributed by atoms with Crippen LogP contribution in [-0.2, 0) is 4.79 Å². The van der Waals surface area contributed by atoms with Gasteiger partial charge in [-0.1, -0.05) is 43.6 Å². The number of nitrogens with one attached hydrogen (secondary N) is 1. The smallest absolute Gasteiger partial charge is 0.237 e. The second-order valence-corrected chi connectivity index (χ2v) is 5.40. The predicted octanol–water partition coefficient (Wildman–Crippen LogP) is 2.89. The first-order valence-electron chi connectivity index (χ1n) is 6.22. The van der Waals surface area contributed by atoms with Crippen LogP contribution in [0.15, 0.2) is 24.3 Å². The van der Waals surface area contributed by atoms with Gasteiger partial charge in [0.2, 0.25) is 5.91 Å². The van der Waals surface area contributed by atoms with Gasteiger partial charge in [-0.25, -0.2) is 0 Å². The van der Waals surface area contributed by atoms with Crippen molar-refractivity contribution in [3.8, 4) is 0 Å². The molecule has 0 aliphatic heterocycles. The monoisotopic (exact) mass is 268 g/mol. The van der Waals surface area contributed by atoms with E-state index in [-0.39, 0.29) is 11.9 Å². The van der Waals surface area contributed by atoms with Crippen molar-refractivity contribution in [1.29, 1.82) is 0 Å². The molecule has 3 nitrogen and oxygen atoms in total. The zero-order valence-corrected chi connectivity index (χ0v) is 11.9. The maximum absolute atomic E-state index is 11.9. The molecular weight excluding hydrogens is 248 g/mol. The Hall–Kier alpha value is -1.06. The first-order valence-corrected chi connectivity index (χ1v) is 6.60. The van der Waals surface area contributed by atoms with Gasteiger partial charge in [0.05, 0.1) is 12.1 Å². The highest BCUT2D eigenvalue weighted by molar-refractivity contribution is 6.31. The highest BCUT2D eigenvalue weighted by Crippen LogP contribution is 2.22. The fourth-order valence-corrected chi connectivity index (χ4v) is 2.14. The third-order valence-electron chi connectivity index (χ3n) is 2.79. The van der Waals surface area contributed by atoms with Crippen molar-refractivity contribution in [2.45, 2.75) is 39.3 Å². The van der Waals surface area contributed by atoms with Crippen LogP contribution in [0.2, 0.25) is 5.02 Å². The molecule has 0 aliphatic rings. The summed E-state index contributed by atoms with van der Waals surface area (Å²) in [7, 11) is 0. The lowest BCUT2D eigenvalue weighted by molar-refractivity contribution is -0.123. The van der Waals surface area contributed by atoms with Crippen LogP contribution in [0.25, 0.3) is 0 Å². The molecule has 0 radical (unpaired) electrons. The van der Waals surface area contributed by atoms with Crippen LogP contribution in [-0.4, -0.2) is 11.9 Å². The summed E-state index contributed by atoms with van der Waals surface area (Å²) in [6, 6.07) is 6.89. The lowest BCUT2D eigenvalue weighted by Gasteiger charge is -2.19. The Morgan fingerprint density at radius 3 is 2.50 bits per heavy atom. The van der Waals surface area contributed by atoms with Crippen LogP contribution < -0.4 is 11.1 Å². The molecule has 0 heterocycles. The molecule has 0 saturated carbocycles. The van der Waals surface area contributed by atoms with Crippen LogP contribution in [0, 0.1) is 5.92 Å². The Kier molecular flexibility index (Phi) is 5.63. The molecule has 0 bridgehead atoms. The van der Waals surface area contributed by atoms with E-state index in [0.29, 0.717) is 17.4 Å². The van der Waals surface area contributed by atoms with E-state index in [1.807, 2.05) is 45.0 Å². The fraction of sp³-hybridized carbons (Fsp3) is 0.500. The van der Waals surface area contributed by atoms with Crippen molar-refractivity contribution in [2.75, 3.05) is 0 Å². The van der Waals surface area contributed by atoms with Crippen molar-refractivity contribution in [1.82, 2.24) is 5.32 Å². The zero-order valence-electron chi connectivity index (χ0n) is 11.1. The molecule has 4 heteroatoms. The van der Waals surface area contributed by atoms with Gasteiger partial charge in [0.25, 0.3) is 0 Å². The predicted molar refractivity (Wildman–Crippen MR) is 75.4 cm³/mol. The molecule has 1 amide bonds. The molecule has 0 saturated heterocycles. The summed E-state index contributed by atoms with van der Waals surface area (Å²) >= 11 is 6.08. The summed E-state index contributed by atoms with van der Waals surface area (Å²) < 4.78 is 0. The fourth-order valence-electron chi connectivity index (χ4n) is 1.84. The second kappa shape index (κ2) is 6.76. The first kappa shape index (κ1) is 15.0. The molecule has 18 heavy (non-hydrogen) atoms. The number of carbonyl (C=O) groups excluding carboxylic acids is 1. The van der Waals surface area contributed by atoms with Crippen LogP contribution >= 0.6 is 11.6 Å². The SMILES string of the molecule is CC(C)C[C@@H](N)C(=O)N[C@H](C)c1ccccc1Cl. The van der Waals surface area contributed by atoms with Gasteiger partial charge in [0, 0.05) is 5.02 Å². The standard InChI is InChI=1S/C14H21ClN2O/c1-9(2)8-13(16)14(18)17-10(3)11-6-4-5-7-12(11)15/h4-7,9-10,13H,8,16H2,1-3H3,(H,17,18)/t10-,13-/m1/s1. The molecule has 0 aromatic heterocycles. The molecule has 2 atom stereocenters. The van der Waals surface area contributed by atoms with Crippen molar-refractivity contribution < 1.29 is 4.79 Å². The van der Waals surface area contributed by atoms with Gasteiger partial charge >= 0.3 is 0 Å². The molecule has 1 rings (SSSR count). The van der Waals surface area contributed by atoms with Crippen molar-refractivity contribution in [3.63, 3.8) is 0 Å². The largest absolute Gasteiger partial charge is 0.348 e. The van der Waals surface area contributed by atoms with E-state index >= 15 is 0 Å². The van der Waals surface area contributed by atoms with Gasteiger partial charge in [-0.2, -0.15) is 0 Å². The van der Waals surface area contributed by atoms with E-state index in [0.717, 1.165) is 5.56 Å². The maximum atomic E-state index is 11.9. The summed E-state index contributed by atoms with van der Waals surface area (Å²) in [5.74, 6) is 0.275. The second-order valence-electron chi connectivity index (χ2n) is 4.99. The maximum Gasteiger partial charge on any atom is 0.237 e. The summed E-state index contributed by atoms with van der Waals surface area (Å²) in [6.07, 6.45) is 0.682. The topological polar surface area (TPSA) is 55.1 Å². The summed E-state index contributed by atoms with van der Waals surface area (Å²) in [5.41, 5.74) is 6.74. The van der Waals surface area contributed by atoms with Crippen LogP contribution in [0.5, 0.6) is 0 Å². The van der Waals surface area contributed by atoms with Gasteiger partial charge < -0.3 is 11.1 Å². The van der Waals surface area contributed by atoms with Gasteiger partial charge in [-0.3, -0.25) is 4.79 Å². The third kappa shape index (κ3) is 4.31. The lowest BCUT2D eigenvalue weighted by Crippen LogP contribution is -2.42. The quantitative estimate of drug-likeness (QED) is 0.863. The van der Waals surface area contributed by atoms with Crippen molar-refractivity contribution in [3.05, 3.63) is 34.9 Å². The number of hydrogen-bond acceptors (Lipinski definition) is 2. The normalized spacial score (nSPS) is 14.3. The Morgan fingerprint density at radius 1 is 1.33 bits per heavy atom. The van der Waals surface area contributed by atoms with Gasteiger partial charge in [-0.05, 0) is 30.9 Å². The molecule has 1 aromatic rings. The Bertz CT molecular complexity index is 407. The molecule has 1 aromatic carbocycles. The number of halogens is 1. The molecule has 0 unspecified atom stereocenters. The van der Waals surface area contributed by atoms with Crippen LogP contribution in [0.4, 0.5) is 0 Å². The molecule has 0 aliphatic carbocycles. The number of carbonyl (C=O) groups is 1. The molecule has 0 fully saturated rings. The Morgan fingerprint density at radius 2 is 1.94 bits per heavy atom. The zero-order chi connectivity index (χ0) is 13.7. The molecular formula is C14H21ClN2O. The van der Waals surface area contributed by atoms with Crippen molar-refractivity contribution in [2.24, 2.45) is 11.7 Å². The van der Waals surface area contributed by atoms with E-state index in [1.54, 1.807) is 0 Å². The van der Waals surface area contributed by atoms with E-state index in [2.05, 4.69) is 5.32 Å². The van der Waals surface area contributed by atoms with Crippen LogP contribution in [0.3, 0.4) is 0 Å². The average molecular weight is 269 g/mol. The summed E-state index contributed by atoms with van der Waals surface area (Å²) in [5, 5.41) is 3.55. The summed E-state index contributed by atoms with van der Waals surface area (Å²) in [4.78, 5) is 11.9. The number of benzene rings is 1. The first-order chi connectivity index (χ1) is 8.41. The van der Waals surface area contributed by atoms with E-state index < -0.39 is 6.04 Å². The Labute approximate surface area is 114 Å². The van der Waals surface area contributed by atoms with E-state index in [1.165, 1.54) is 0 Å². The third-order valence-corrected chi connectivity index (χ3v) is 3.14. The highest BCUT2D eigenvalue weighted by atomic mass is 35.5. The van der Waals surface area contributed by atoms with E-state index in [4.69, 9.17) is 17.3 Å². The lowest BCUT2D eigenvalue weighted by atomic mass is 10.0. The number of amides is 1. The number of nitrogens with two attached hydrogens (primary N) is 1.